The normalized spacial score (nSPS) is 27.2. The summed E-state index contributed by atoms with van der Waals surface area (Å²) in [5.41, 5.74) is 8.48. The predicted molar refractivity (Wildman–Crippen MR) is 132 cm³/mol. The van der Waals surface area contributed by atoms with Crippen molar-refractivity contribution in [1.29, 1.82) is 0 Å². The second-order valence-corrected chi connectivity index (χ2v) is 11.6. The van der Waals surface area contributed by atoms with E-state index in [4.69, 9.17) is 11.6 Å². The molecule has 1 aromatic carbocycles. The second kappa shape index (κ2) is 9.93. The molecule has 1 saturated carbocycles. The lowest BCUT2D eigenvalue weighted by Gasteiger charge is -2.53. The molecule has 2 atom stereocenters. The zero-order valence-electron chi connectivity index (χ0n) is 20.3. The summed E-state index contributed by atoms with van der Waals surface area (Å²) >= 11 is 6.73. The van der Waals surface area contributed by atoms with Crippen molar-refractivity contribution in [2.75, 3.05) is 19.6 Å². The number of carbonyl (C=O) groups is 2. The molecule has 33 heavy (non-hydrogen) atoms. The SMILES string of the molecule is CC(C)(C)c1ccc(CN2CCN(C3C(Cl)C(=O)NNC34CCCCCCC4)CC2=O)cc1. The smallest absolute Gasteiger partial charge is 0.253 e. The Morgan fingerprint density at radius 3 is 2.24 bits per heavy atom. The van der Waals surface area contributed by atoms with E-state index in [-0.39, 0.29) is 28.8 Å². The molecule has 0 aromatic heterocycles. The summed E-state index contributed by atoms with van der Waals surface area (Å²) in [4.78, 5) is 29.8. The number of amides is 2. The quantitative estimate of drug-likeness (QED) is 0.655. The molecule has 7 heteroatoms. The van der Waals surface area contributed by atoms with E-state index in [2.05, 4.69) is 60.8 Å². The topological polar surface area (TPSA) is 64.7 Å². The molecule has 0 radical (unpaired) electrons. The van der Waals surface area contributed by atoms with Crippen molar-refractivity contribution >= 4 is 23.4 Å². The van der Waals surface area contributed by atoms with Crippen LogP contribution in [0.4, 0.5) is 0 Å². The largest absolute Gasteiger partial charge is 0.336 e. The van der Waals surface area contributed by atoms with E-state index in [0.29, 0.717) is 19.6 Å². The van der Waals surface area contributed by atoms with E-state index in [1.807, 2.05) is 4.90 Å². The maximum atomic E-state index is 13.2. The Bertz CT molecular complexity index is 843. The summed E-state index contributed by atoms with van der Waals surface area (Å²) in [6.07, 6.45) is 7.84. The molecule has 6 nitrogen and oxygen atoms in total. The molecule has 4 rings (SSSR count). The van der Waals surface area contributed by atoms with Gasteiger partial charge in [-0.1, -0.05) is 77.1 Å². The van der Waals surface area contributed by atoms with Gasteiger partial charge in [-0.3, -0.25) is 19.9 Å². The van der Waals surface area contributed by atoms with E-state index >= 15 is 0 Å². The third-order valence-corrected chi connectivity index (χ3v) is 8.15. The van der Waals surface area contributed by atoms with Crippen molar-refractivity contribution < 1.29 is 9.59 Å². The lowest BCUT2D eigenvalue weighted by Crippen LogP contribution is -2.76. The minimum Gasteiger partial charge on any atom is -0.336 e. The number of alkyl halides is 1. The summed E-state index contributed by atoms with van der Waals surface area (Å²) in [6.45, 7) is 8.93. The highest BCUT2D eigenvalue weighted by molar-refractivity contribution is 6.31. The molecule has 3 aliphatic rings. The molecule has 2 aliphatic heterocycles. The lowest BCUT2D eigenvalue weighted by molar-refractivity contribution is -0.142. The first-order valence-corrected chi connectivity index (χ1v) is 13.0. The van der Waals surface area contributed by atoms with Gasteiger partial charge in [0.15, 0.2) is 0 Å². The Hall–Kier alpha value is -1.63. The highest BCUT2D eigenvalue weighted by atomic mass is 35.5. The Morgan fingerprint density at radius 2 is 1.64 bits per heavy atom. The van der Waals surface area contributed by atoms with Crippen molar-refractivity contribution in [2.45, 2.75) is 94.6 Å². The van der Waals surface area contributed by atoms with Crippen LogP contribution in [0.2, 0.25) is 0 Å². The Balaban J connectivity index is 1.45. The fourth-order valence-corrected chi connectivity index (χ4v) is 6.16. The van der Waals surface area contributed by atoms with Crippen molar-refractivity contribution in [3.63, 3.8) is 0 Å². The molecule has 2 saturated heterocycles. The number of hydrogen-bond donors (Lipinski definition) is 2. The van der Waals surface area contributed by atoms with Gasteiger partial charge in [0.1, 0.15) is 5.38 Å². The van der Waals surface area contributed by atoms with Crippen LogP contribution in [0.3, 0.4) is 0 Å². The van der Waals surface area contributed by atoms with Crippen molar-refractivity contribution in [3.05, 3.63) is 35.4 Å². The Labute approximate surface area is 203 Å². The third kappa shape index (κ3) is 5.39. The maximum Gasteiger partial charge on any atom is 0.253 e. The molecule has 3 fully saturated rings. The number of benzene rings is 1. The summed E-state index contributed by atoms with van der Waals surface area (Å²) in [5, 5.41) is -0.657. The van der Waals surface area contributed by atoms with Gasteiger partial charge < -0.3 is 4.90 Å². The van der Waals surface area contributed by atoms with Gasteiger partial charge >= 0.3 is 0 Å². The molecule has 1 aliphatic carbocycles. The van der Waals surface area contributed by atoms with Crippen LogP contribution in [0.25, 0.3) is 0 Å². The lowest BCUT2D eigenvalue weighted by atomic mass is 9.75. The highest BCUT2D eigenvalue weighted by Gasteiger charge is 2.52. The monoisotopic (exact) mass is 474 g/mol. The van der Waals surface area contributed by atoms with Crippen molar-refractivity contribution in [1.82, 2.24) is 20.7 Å². The van der Waals surface area contributed by atoms with E-state index in [1.165, 1.54) is 24.8 Å². The number of piperazine rings is 1. The van der Waals surface area contributed by atoms with E-state index in [9.17, 15) is 9.59 Å². The zero-order valence-corrected chi connectivity index (χ0v) is 21.1. The summed E-state index contributed by atoms with van der Waals surface area (Å²) < 4.78 is 0. The van der Waals surface area contributed by atoms with Crippen LogP contribution in [0, 0.1) is 0 Å². The number of halogens is 1. The zero-order chi connectivity index (χ0) is 23.6. The molecule has 2 heterocycles. The Morgan fingerprint density at radius 1 is 1.00 bits per heavy atom. The standard InChI is InChI=1S/C26H39ClN4O2/c1-25(2,3)20-11-9-19(10-12-20)17-30-15-16-31(18-21(30)32)23-22(27)24(33)28-29-26(23)13-7-5-4-6-8-14-26/h9-12,22-23,29H,4-8,13-18H2,1-3H3,(H,28,33). The fourth-order valence-electron chi connectivity index (χ4n) is 5.71. The summed E-state index contributed by atoms with van der Waals surface area (Å²) in [6, 6.07) is 8.42. The average molecular weight is 475 g/mol. The van der Waals surface area contributed by atoms with E-state index < -0.39 is 5.38 Å². The molecule has 0 bridgehead atoms. The molecule has 1 aromatic rings. The number of rotatable bonds is 3. The van der Waals surface area contributed by atoms with Crippen LogP contribution in [0.5, 0.6) is 0 Å². The van der Waals surface area contributed by atoms with Crippen LogP contribution >= 0.6 is 11.6 Å². The van der Waals surface area contributed by atoms with Gasteiger partial charge in [-0.2, -0.15) is 0 Å². The maximum absolute atomic E-state index is 13.2. The van der Waals surface area contributed by atoms with E-state index in [1.54, 1.807) is 0 Å². The van der Waals surface area contributed by atoms with Crippen molar-refractivity contribution in [2.24, 2.45) is 0 Å². The van der Waals surface area contributed by atoms with E-state index in [0.717, 1.165) is 37.8 Å². The van der Waals surface area contributed by atoms with Gasteiger partial charge in [0, 0.05) is 19.6 Å². The minimum absolute atomic E-state index is 0.108. The second-order valence-electron chi connectivity index (χ2n) is 11.1. The molecule has 182 valence electrons. The first-order chi connectivity index (χ1) is 15.7. The molecule has 1 spiro atoms. The van der Waals surface area contributed by atoms with Gasteiger partial charge in [0.25, 0.3) is 5.91 Å². The van der Waals surface area contributed by atoms with Gasteiger partial charge in [0.2, 0.25) is 5.91 Å². The number of carbonyl (C=O) groups excluding carboxylic acids is 2. The van der Waals surface area contributed by atoms with Crippen LogP contribution in [-0.4, -0.2) is 58.2 Å². The predicted octanol–water partition coefficient (Wildman–Crippen LogP) is 3.72. The first kappa shape index (κ1) is 24.5. The average Bonchev–Trinajstić information content (AvgIpc) is 2.75. The van der Waals surface area contributed by atoms with Crippen LogP contribution in [0.15, 0.2) is 24.3 Å². The van der Waals surface area contributed by atoms with Crippen LogP contribution in [-0.2, 0) is 21.5 Å². The third-order valence-electron chi connectivity index (χ3n) is 7.71. The van der Waals surface area contributed by atoms with Gasteiger partial charge in [0.05, 0.1) is 18.1 Å². The number of nitrogens with one attached hydrogen (secondary N) is 2. The summed E-state index contributed by atoms with van der Waals surface area (Å²) in [7, 11) is 0. The molecular weight excluding hydrogens is 436 g/mol. The van der Waals surface area contributed by atoms with Crippen molar-refractivity contribution in [3.8, 4) is 0 Å². The van der Waals surface area contributed by atoms with Gasteiger partial charge in [-0.15, -0.1) is 11.6 Å². The van der Waals surface area contributed by atoms with Crippen LogP contribution < -0.4 is 10.9 Å². The summed E-state index contributed by atoms with van der Waals surface area (Å²) in [5.74, 6) is -0.0832. The fraction of sp³-hybridized carbons (Fsp3) is 0.692. The number of hydrogen-bond acceptors (Lipinski definition) is 4. The Kier molecular flexibility index (Phi) is 7.37. The van der Waals surface area contributed by atoms with Gasteiger partial charge in [-0.05, 0) is 29.4 Å². The van der Waals surface area contributed by atoms with Gasteiger partial charge in [-0.25, -0.2) is 5.43 Å². The highest BCUT2D eigenvalue weighted by Crippen LogP contribution is 2.37. The molecular formula is C26H39ClN4O2. The molecule has 2 N–H and O–H groups in total. The molecule has 2 unspecified atom stereocenters. The van der Waals surface area contributed by atoms with Crippen LogP contribution in [0.1, 0.15) is 76.8 Å². The number of nitrogens with zero attached hydrogens (tertiary/aromatic N) is 2. The first-order valence-electron chi connectivity index (χ1n) is 12.5. The number of hydrazine groups is 1. The molecule has 2 amide bonds. The minimum atomic E-state index is -0.657.